The summed E-state index contributed by atoms with van der Waals surface area (Å²) in [6, 6.07) is 0. The maximum atomic E-state index is 11.7. The number of morpholine rings is 1. The van der Waals surface area contributed by atoms with Crippen LogP contribution >= 0.6 is 0 Å². The third-order valence-corrected chi connectivity index (χ3v) is 2.26. The standard InChI is InChI=1S/C9H17F3N2O/c10-9(11,12)8-13-2-1-3-14-4-6-15-7-5-14/h13H,1-8H2. The lowest BCUT2D eigenvalue weighted by Crippen LogP contribution is -2.38. The molecule has 0 aromatic carbocycles. The van der Waals surface area contributed by atoms with E-state index in [-0.39, 0.29) is 0 Å². The Morgan fingerprint density at radius 2 is 1.87 bits per heavy atom. The summed E-state index contributed by atoms with van der Waals surface area (Å²) < 4.78 is 40.4. The molecule has 0 spiro atoms. The Morgan fingerprint density at radius 3 is 2.47 bits per heavy atom. The second kappa shape index (κ2) is 6.30. The number of rotatable bonds is 5. The molecule has 0 atom stereocenters. The van der Waals surface area contributed by atoms with Gasteiger partial charge in [0.1, 0.15) is 0 Å². The van der Waals surface area contributed by atoms with Crippen LogP contribution in [0.2, 0.25) is 0 Å². The number of nitrogens with zero attached hydrogens (tertiary/aromatic N) is 1. The van der Waals surface area contributed by atoms with Gasteiger partial charge in [-0.15, -0.1) is 0 Å². The molecule has 1 N–H and O–H groups in total. The predicted molar refractivity (Wildman–Crippen MR) is 50.8 cm³/mol. The molecule has 0 unspecified atom stereocenters. The molecule has 3 nitrogen and oxygen atoms in total. The van der Waals surface area contributed by atoms with E-state index in [1.807, 2.05) is 0 Å². The zero-order valence-corrected chi connectivity index (χ0v) is 8.65. The zero-order chi connectivity index (χ0) is 11.1. The summed E-state index contributed by atoms with van der Waals surface area (Å²) in [7, 11) is 0. The van der Waals surface area contributed by atoms with Gasteiger partial charge in [-0.2, -0.15) is 13.2 Å². The molecule has 0 aromatic rings. The normalized spacial score (nSPS) is 19.4. The first-order valence-corrected chi connectivity index (χ1v) is 5.15. The minimum absolute atomic E-state index is 0.414. The number of halogens is 3. The molecule has 0 bridgehead atoms. The number of nitrogens with one attached hydrogen (secondary N) is 1. The van der Waals surface area contributed by atoms with E-state index in [1.54, 1.807) is 0 Å². The molecule has 90 valence electrons. The fraction of sp³-hybridized carbons (Fsp3) is 1.00. The van der Waals surface area contributed by atoms with Gasteiger partial charge < -0.3 is 10.1 Å². The average Bonchev–Trinajstić information content (AvgIpc) is 2.17. The van der Waals surface area contributed by atoms with Crippen LogP contribution in [0.25, 0.3) is 0 Å². The summed E-state index contributed by atoms with van der Waals surface area (Å²) in [5, 5.41) is 2.38. The molecule has 0 amide bonds. The highest BCUT2D eigenvalue weighted by Gasteiger charge is 2.25. The fourth-order valence-corrected chi connectivity index (χ4v) is 1.48. The number of ether oxygens (including phenoxy) is 1. The molecule has 0 aliphatic carbocycles. The van der Waals surface area contributed by atoms with Crippen LogP contribution in [0.4, 0.5) is 13.2 Å². The van der Waals surface area contributed by atoms with E-state index in [0.29, 0.717) is 6.54 Å². The van der Waals surface area contributed by atoms with E-state index in [2.05, 4.69) is 10.2 Å². The minimum atomic E-state index is -4.10. The van der Waals surface area contributed by atoms with Gasteiger partial charge in [0.25, 0.3) is 0 Å². The van der Waals surface area contributed by atoms with E-state index < -0.39 is 12.7 Å². The number of hydrogen-bond acceptors (Lipinski definition) is 3. The van der Waals surface area contributed by atoms with Crippen molar-refractivity contribution in [3.05, 3.63) is 0 Å². The topological polar surface area (TPSA) is 24.5 Å². The van der Waals surface area contributed by atoms with E-state index in [1.165, 1.54) is 0 Å². The van der Waals surface area contributed by atoms with Gasteiger partial charge in [-0.1, -0.05) is 0 Å². The highest BCUT2D eigenvalue weighted by molar-refractivity contribution is 4.63. The highest BCUT2D eigenvalue weighted by atomic mass is 19.4. The van der Waals surface area contributed by atoms with Crippen molar-refractivity contribution >= 4 is 0 Å². The maximum absolute atomic E-state index is 11.7. The van der Waals surface area contributed by atoms with Crippen LogP contribution in [0.1, 0.15) is 6.42 Å². The van der Waals surface area contributed by atoms with Crippen molar-refractivity contribution < 1.29 is 17.9 Å². The first kappa shape index (κ1) is 12.7. The first-order valence-electron chi connectivity index (χ1n) is 5.15. The molecule has 1 saturated heterocycles. The first-order chi connectivity index (χ1) is 7.08. The lowest BCUT2D eigenvalue weighted by atomic mass is 10.3. The molecule has 0 saturated carbocycles. The Bertz CT molecular complexity index is 169. The average molecular weight is 226 g/mol. The van der Waals surface area contributed by atoms with Crippen molar-refractivity contribution in [1.82, 2.24) is 10.2 Å². The largest absolute Gasteiger partial charge is 0.401 e. The van der Waals surface area contributed by atoms with Gasteiger partial charge in [-0.05, 0) is 19.5 Å². The summed E-state index contributed by atoms with van der Waals surface area (Å²) in [5.74, 6) is 0. The fourth-order valence-electron chi connectivity index (χ4n) is 1.48. The molecule has 1 rings (SSSR count). The molecular formula is C9H17F3N2O. The summed E-state index contributed by atoms with van der Waals surface area (Å²) >= 11 is 0. The van der Waals surface area contributed by atoms with E-state index in [4.69, 9.17) is 4.74 Å². The van der Waals surface area contributed by atoms with Crippen LogP contribution in [0.15, 0.2) is 0 Å². The van der Waals surface area contributed by atoms with Gasteiger partial charge in [-0.3, -0.25) is 4.90 Å². The van der Waals surface area contributed by atoms with Gasteiger partial charge in [0.2, 0.25) is 0 Å². The van der Waals surface area contributed by atoms with Crippen molar-refractivity contribution in [2.24, 2.45) is 0 Å². The van der Waals surface area contributed by atoms with Crippen molar-refractivity contribution in [1.29, 1.82) is 0 Å². The maximum Gasteiger partial charge on any atom is 0.401 e. The second-order valence-corrected chi connectivity index (χ2v) is 3.60. The monoisotopic (exact) mass is 226 g/mol. The van der Waals surface area contributed by atoms with Crippen molar-refractivity contribution in [2.45, 2.75) is 12.6 Å². The summed E-state index contributed by atoms with van der Waals surface area (Å²) in [4.78, 5) is 2.21. The molecule has 1 aliphatic rings. The Morgan fingerprint density at radius 1 is 1.20 bits per heavy atom. The Labute approximate surface area is 87.6 Å². The quantitative estimate of drug-likeness (QED) is 0.704. The second-order valence-electron chi connectivity index (χ2n) is 3.60. The Hall–Kier alpha value is -0.330. The molecule has 15 heavy (non-hydrogen) atoms. The number of hydrogen-bond donors (Lipinski definition) is 1. The Kier molecular flexibility index (Phi) is 5.35. The third-order valence-electron chi connectivity index (χ3n) is 2.26. The highest BCUT2D eigenvalue weighted by Crippen LogP contribution is 2.11. The molecule has 0 aromatic heterocycles. The lowest BCUT2D eigenvalue weighted by Gasteiger charge is -2.26. The number of alkyl halides is 3. The summed E-state index contributed by atoms with van der Waals surface area (Å²) in [6.07, 6.45) is -3.35. The Balaban J connectivity index is 1.92. The van der Waals surface area contributed by atoms with Gasteiger partial charge in [0, 0.05) is 13.1 Å². The van der Waals surface area contributed by atoms with E-state index in [0.717, 1.165) is 39.3 Å². The molecular weight excluding hydrogens is 209 g/mol. The lowest BCUT2D eigenvalue weighted by molar-refractivity contribution is -0.124. The van der Waals surface area contributed by atoms with Gasteiger partial charge in [-0.25, -0.2) is 0 Å². The van der Waals surface area contributed by atoms with Crippen LogP contribution in [0.5, 0.6) is 0 Å². The third kappa shape index (κ3) is 6.70. The van der Waals surface area contributed by atoms with Crippen LogP contribution in [-0.2, 0) is 4.74 Å². The SMILES string of the molecule is FC(F)(F)CNCCCN1CCOCC1. The van der Waals surface area contributed by atoms with Crippen molar-refractivity contribution in [3.8, 4) is 0 Å². The van der Waals surface area contributed by atoms with Crippen molar-refractivity contribution in [2.75, 3.05) is 45.9 Å². The predicted octanol–water partition coefficient (Wildman–Crippen LogP) is 0.861. The van der Waals surface area contributed by atoms with Crippen LogP contribution < -0.4 is 5.32 Å². The molecule has 6 heteroatoms. The summed E-state index contributed by atoms with van der Waals surface area (Å²) in [6.45, 7) is 3.60. The van der Waals surface area contributed by atoms with Gasteiger partial charge in [0.15, 0.2) is 0 Å². The van der Waals surface area contributed by atoms with Crippen LogP contribution in [0, 0.1) is 0 Å². The van der Waals surface area contributed by atoms with Crippen molar-refractivity contribution in [3.63, 3.8) is 0 Å². The van der Waals surface area contributed by atoms with Gasteiger partial charge in [0.05, 0.1) is 19.8 Å². The van der Waals surface area contributed by atoms with Crippen LogP contribution in [-0.4, -0.2) is 57.0 Å². The minimum Gasteiger partial charge on any atom is -0.379 e. The molecule has 0 radical (unpaired) electrons. The van der Waals surface area contributed by atoms with Crippen LogP contribution in [0.3, 0.4) is 0 Å². The zero-order valence-electron chi connectivity index (χ0n) is 8.65. The molecule has 1 fully saturated rings. The molecule has 1 aliphatic heterocycles. The summed E-state index contributed by atoms with van der Waals surface area (Å²) in [5.41, 5.74) is 0. The smallest absolute Gasteiger partial charge is 0.379 e. The molecule has 1 heterocycles. The van der Waals surface area contributed by atoms with Gasteiger partial charge >= 0.3 is 6.18 Å². The van der Waals surface area contributed by atoms with E-state index >= 15 is 0 Å². The van der Waals surface area contributed by atoms with E-state index in [9.17, 15) is 13.2 Å².